The van der Waals surface area contributed by atoms with Crippen LogP contribution in [0.4, 0.5) is 0 Å². The van der Waals surface area contributed by atoms with E-state index in [9.17, 15) is 19.8 Å². The number of ether oxygens (including phenoxy) is 1. The van der Waals surface area contributed by atoms with Gasteiger partial charge in [-0.1, -0.05) is 6.07 Å². The summed E-state index contributed by atoms with van der Waals surface area (Å²) in [5.74, 6) is 0.328. The number of piperidine rings is 2. The predicted molar refractivity (Wildman–Crippen MR) is 119 cm³/mol. The first-order chi connectivity index (χ1) is 15.3. The smallest absolute Gasteiger partial charge is 0.223 e. The fraction of sp³-hybridized carbons (Fsp3) is 0.680. The zero-order valence-corrected chi connectivity index (χ0v) is 19.0. The molecule has 0 aromatic heterocycles. The molecule has 7 nitrogen and oxygen atoms in total. The first kappa shape index (κ1) is 21.9. The summed E-state index contributed by atoms with van der Waals surface area (Å²) in [6.07, 6.45) is 3.01. The molecule has 0 spiro atoms. The molecule has 2 heterocycles. The van der Waals surface area contributed by atoms with Crippen LogP contribution in [-0.4, -0.2) is 83.2 Å². The molecule has 0 radical (unpaired) electrons. The predicted octanol–water partition coefficient (Wildman–Crippen LogP) is 1.28. The Morgan fingerprint density at radius 3 is 2.72 bits per heavy atom. The van der Waals surface area contributed by atoms with Gasteiger partial charge in [0, 0.05) is 43.3 Å². The average molecular weight is 443 g/mol. The van der Waals surface area contributed by atoms with Crippen molar-refractivity contribution in [1.82, 2.24) is 9.80 Å². The van der Waals surface area contributed by atoms with Crippen LogP contribution in [0.1, 0.15) is 49.7 Å². The van der Waals surface area contributed by atoms with Gasteiger partial charge in [-0.2, -0.15) is 0 Å². The molecular formula is C25H34N2O5. The Bertz CT molecular complexity index is 927. The van der Waals surface area contributed by atoms with Crippen molar-refractivity contribution < 1.29 is 24.5 Å². The second-order valence-corrected chi connectivity index (χ2v) is 10.3. The van der Waals surface area contributed by atoms with Crippen molar-refractivity contribution in [2.75, 3.05) is 33.8 Å². The molecule has 1 aromatic carbocycles. The van der Waals surface area contributed by atoms with Crippen LogP contribution in [-0.2, 0) is 21.4 Å². The number of nitrogens with zero attached hydrogens (tertiary/aromatic N) is 2. The summed E-state index contributed by atoms with van der Waals surface area (Å²) >= 11 is 0. The molecule has 5 rings (SSSR count). The van der Waals surface area contributed by atoms with Crippen LogP contribution in [0.15, 0.2) is 18.2 Å². The molecule has 1 aromatic rings. The minimum Gasteiger partial charge on any atom is -0.497 e. The van der Waals surface area contributed by atoms with E-state index in [0.29, 0.717) is 38.8 Å². The van der Waals surface area contributed by atoms with Gasteiger partial charge in [0.05, 0.1) is 18.8 Å². The number of hydrogen-bond acceptors (Lipinski definition) is 6. The van der Waals surface area contributed by atoms with E-state index < -0.39 is 16.9 Å². The molecule has 2 bridgehead atoms. The van der Waals surface area contributed by atoms with Gasteiger partial charge in [0.2, 0.25) is 5.91 Å². The van der Waals surface area contributed by atoms with Gasteiger partial charge in [-0.25, -0.2) is 0 Å². The van der Waals surface area contributed by atoms with Gasteiger partial charge in [-0.05, 0) is 69.0 Å². The maximum atomic E-state index is 13.4. The number of ketones is 1. The number of hydrogen-bond donors (Lipinski definition) is 2. The molecule has 7 heteroatoms. The number of Topliss-reactive ketones (excluding diaryl/α,β-unsaturated/α-hetero) is 1. The molecule has 2 N–H and O–H groups in total. The number of benzene rings is 1. The summed E-state index contributed by atoms with van der Waals surface area (Å²) in [6, 6.07) is 5.97. The quantitative estimate of drug-likeness (QED) is 0.733. The molecule has 1 unspecified atom stereocenters. The van der Waals surface area contributed by atoms with Gasteiger partial charge in [0.15, 0.2) is 0 Å². The van der Waals surface area contributed by atoms with Crippen LogP contribution in [0.3, 0.4) is 0 Å². The molecule has 4 atom stereocenters. The van der Waals surface area contributed by atoms with E-state index in [2.05, 4.69) is 18.0 Å². The number of carbonyl (C=O) groups is 2. The fourth-order valence-electron chi connectivity index (χ4n) is 6.87. The normalized spacial score (nSPS) is 35.2. The lowest BCUT2D eigenvalue weighted by molar-refractivity contribution is -0.179. The van der Waals surface area contributed by atoms with E-state index in [0.717, 1.165) is 24.3 Å². The molecule has 1 saturated carbocycles. The Labute approximate surface area is 189 Å². The van der Waals surface area contributed by atoms with Crippen LogP contribution in [0.5, 0.6) is 5.75 Å². The first-order valence-corrected chi connectivity index (χ1v) is 11.9. The molecule has 3 fully saturated rings. The topological polar surface area (TPSA) is 90.3 Å². The zero-order valence-electron chi connectivity index (χ0n) is 19.0. The van der Waals surface area contributed by atoms with Crippen molar-refractivity contribution in [3.8, 4) is 5.75 Å². The maximum absolute atomic E-state index is 13.4. The van der Waals surface area contributed by atoms with Crippen LogP contribution in [0.2, 0.25) is 0 Å². The number of aliphatic hydroxyl groups is 2. The summed E-state index contributed by atoms with van der Waals surface area (Å²) in [5, 5.41) is 22.0. The lowest BCUT2D eigenvalue weighted by Crippen LogP contribution is -2.73. The summed E-state index contributed by atoms with van der Waals surface area (Å²) in [6.45, 7) is 1.90. The van der Waals surface area contributed by atoms with Gasteiger partial charge < -0.3 is 24.7 Å². The third-order valence-electron chi connectivity index (χ3n) is 8.78. The third-order valence-corrected chi connectivity index (χ3v) is 8.78. The average Bonchev–Trinajstić information content (AvgIpc) is 2.77. The van der Waals surface area contributed by atoms with E-state index in [1.54, 1.807) is 12.0 Å². The summed E-state index contributed by atoms with van der Waals surface area (Å²) in [4.78, 5) is 30.4. The van der Waals surface area contributed by atoms with Crippen molar-refractivity contribution in [1.29, 1.82) is 0 Å². The molecule has 2 saturated heterocycles. The monoisotopic (exact) mass is 442 g/mol. The number of methoxy groups -OCH3 is 1. The Hall–Kier alpha value is -1.96. The summed E-state index contributed by atoms with van der Waals surface area (Å²) in [7, 11) is 3.69. The van der Waals surface area contributed by atoms with Crippen LogP contribution < -0.4 is 4.74 Å². The summed E-state index contributed by atoms with van der Waals surface area (Å²) < 4.78 is 5.48. The third kappa shape index (κ3) is 3.20. The number of likely N-dealkylation sites (tertiary alicyclic amines) is 2. The standard InChI is InChI=1S/C25H34N2O5/c1-26-10-7-24-15-21(29)17(12-23(30)27-8-5-18(28)6-9-27)14-25(24,31)22(26)11-16-3-4-19(32-2)13-20(16)24/h3-4,13,17-18,22,28,31H,5-12,14-15H2,1-2H3/t17-,22+,24?,25+/m0/s1. The highest BCUT2D eigenvalue weighted by Crippen LogP contribution is 2.58. The van der Waals surface area contributed by atoms with Crippen molar-refractivity contribution in [2.24, 2.45) is 5.92 Å². The van der Waals surface area contributed by atoms with E-state index in [-0.39, 0.29) is 36.7 Å². The number of rotatable bonds is 3. The molecular weight excluding hydrogens is 408 g/mol. The van der Waals surface area contributed by atoms with Gasteiger partial charge in [0.1, 0.15) is 11.5 Å². The van der Waals surface area contributed by atoms with E-state index in [4.69, 9.17) is 4.74 Å². The second kappa shape index (κ2) is 7.82. The van der Waals surface area contributed by atoms with Gasteiger partial charge >= 0.3 is 0 Å². The molecule has 1 amide bonds. The largest absolute Gasteiger partial charge is 0.497 e. The molecule has 2 aliphatic heterocycles. The van der Waals surface area contributed by atoms with E-state index in [1.165, 1.54) is 5.56 Å². The van der Waals surface area contributed by atoms with Gasteiger partial charge in [0.25, 0.3) is 0 Å². The lowest BCUT2D eigenvalue weighted by Gasteiger charge is -2.63. The van der Waals surface area contributed by atoms with E-state index >= 15 is 0 Å². The Kier molecular flexibility index (Phi) is 5.34. The van der Waals surface area contributed by atoms with Crippen LogP contribution in [0.25, 0.3) is 0 Å². The first-order valence-electron chi connectivity index (χ1n) is 11.9. The van der Waals surface area contributed by atoms with E-state index in [1.807, 2.05) is 12.1 Å². The van der Waals surface area contributed by atoms with Crippen LogP contribution >= 0.6 is 0 Å². The van der Waals surface area contributed by atoms with Crippen molar-refractivity contribution >= 4 is 11.7 Å². The Morgan fingerprint density at radius 2 is 2.00 bits per heavy atom. The van der Waals surface area contributed by atoms with Crippen LogP contribution in [0, 0.1) is 5.92 Å². The number of likely N-dealkylation sites (N-methyl/N-ethyl adjacent to an activating group) is 1. The van der Waals surface area contributed by atoms with Crippen molar-refractivity contribution in [3.05, 3.63) is 29.3 Å². The second-order valence-electron chi connectivity index (χ2n) is 10.3. The fourth-order valence-corrected chi connectivity index (χ4v) is 6.87. The SMILES string of the molecule is COc1ccc2c(c1)C13CCN(C)[C@H](C2)[C@]1(O)C[C@H](CC(=O)N1CCC(O)CC1)C(=O)C3. The van der Waals surface area contributed by atoms with Crippen molar-refractivity contribution in [3.63, 3.8) is 0 Å². The highest BCUT2D eigenvalue weighted by Gasteiger charge is 2.66. The summed E-state index contributed by atoms with van der Waals surface area (Å²) in [5.41, 5.74) is 0.544. The van der Waals surface area contributed by atoms with Crippen molar-refractivity contribution in [2.45, 2.75) is 68.1 Å². The lowest BCUT2D eigenvalue weighted by atomic mass is 9.47. The van der Waals surface area contributed by atoms with Gasteiger partial charge in [-0.3, -0.25) is 9.59 Å². The highest BCUT2D eigenvalue weighted by molar-refractivity contribution is 5.89. The molecule has 4 aliphatic rings. The minimum absolute atomic E-state index is 0.0359. The molecule has 174 valence electrons. The minimum atomic E-state index is -1.06. The number of amides is 1. The molecule has 2 aliphatic carbocycles. The Morgan fingerprint density at radius 1 is 1.25 bits per heavy atom. The number of fused-ring (bicyclic) bond motifs is 1. The Balaban J connectivity index is 1.46. The number of carbonyl (C=O) groups excluding carboxylic acids is 2. The zero-order chi connectivity index (χ0) is 22.7. The highest BCUT2D eigenvalue weighted by atomic mass is 16.5. The molecule has 32 heavy (non-hydrogen) atoms. The van der Waals surface area contributed by atoms with Gasteiger partial charge in [-0.15, -0.1) is 0 Å². The number of aliphatic hydroxyl groups excluding tert-OH is 1. The maximum Gasteiger partial charge on any atom is 0.223 e.